The molecule has 0 saturated carbocycles. The van der Waals surface area contributed by atoms with Crippen molar-refractivity contribution in [3.05, 3.63) is 35.7 Å². The number of rotatable bonds is 4. The Balaban J connectivity index is 2.11. The van der Waals surface area contributed by atoms with Gasteiger partial charge < -0.3 is 10.4 Å². The van der Waals surface area contributed by atoms with Gasteiger partial charge in [-0.1, -0.05) is 6.07 Å². The fraction of sp³-hybridized carbons (Fsp3) is 0.182. The molecule has 0 unspecified atom stereocenters. The zero-order chi connectivity index (χ0) is 13.8. The lowest BCUT2D eigenvalue weighted by molar-refractivity contribution is -0.116. The average Bonchev–Trinajstić information content (AvgIpc) is 2.84. The number of nitrogens with one attached hydrogen (secondary N) is 1. The maximum Gasteiger partial charge on any atom is 0.335 e. The molecular weight excluding hydrogens is 250 g/mol. The third-order valence-electron chi connectivity index (χ3n) is 2.46. The van der Waals surface area contributed by atoms with Gasteiger partial charge in [0.1, 0.15) is 12.9 Å². The molecule has 1 amide bonds. The van der Waals surface area contributed by atoms with E-state index < -0.39 is 5.97 Å². The van der Waals surface area contributed by atoms with Crippen LogP contribution in [0.5, 0.6) is 0 Å². The van der Waals surface area contributed by atoms with Gasteiger partial charge in [-0.2, -0.15) is 0 Å². The van der Waals surface area contributed by atoms with Crippen LogP contribution in [0.1, 0.15) is 15.9 Å². The van der Waals surface area contributed by atoms with Crippen LogP contribution in [-0.2, 0) is 11.3 Å². The molecule has 0 bridgehead atoms. The fourth-order valence-corrected chi connectivity index (χ4v) is 1.48. The van der Waals surface area contributed by atoms with Gasteiger partial charge >= 0.3 is 5.97 Å². The van der Waals surface area contributed by atoms with Crippen LogP contribution in [-0.4, -0.2) is 37.2 Å². The lowest BCUT2D eigenvalue weighted by Crippen LogP contribution is -2.20. The minimum atomic E-state index is -1.05. The Bertz CT molecular complexity index is 609. The zero-order valence-electron chi connectivity index (χ0n) is 10.1. The number of carboxylic acid groups (broad SMARTS) is 1. The van der Waals surface area contributed by atoms with Crippen molar-refractivity contribution in [2.75, 3.05) is 5.32 Å². The number of aromatic carboxylic acids is 1. The van der Waals surface area contributed by atoms with Gasteiger partial charge in [0.25, 0.3) is 0 Å². The zero-order valence-corrected chi connectivity index (χ0v) is 10.1. The molecule has 98 valence electrons. The molecule has 19 heavy (non-hydrogen) atoms. The molecule has 0 aliphatic rings. The highest BCUT2D eigenvalue weighted by Crippen LogP contribution is 2.17. The number of carboxylic acids is 1. The summed E-state index contributed by atoms with van der Waals surface area (Å²) >= 11 is 0. The monoisotopic (exact) mass is 261 g/mol. The molecule has 0 atom stereocenters. The number of aromatic nitrogens is 4. The predicted molar refractivity (Wildman–Crippen MR) is 64.6 cm³/mol. The maximum absolute atomic E-state index is 11.7. The van der Waals surface area contributed by atoms with Crippen molar-refractivity contribution in [3.8, 4) is 0 Å². The molecule has 2 aromatic rings. The Labute approximate surface area is 108 Å². The number of tetrazole rings is 1. The Hall–Kier alpha value is -2.77. The van der Waals surface area contributed by atoms with Crippen LogP contribution < -0.4 is 5.32 Å². The van der Waals surface area contributed by atoms with Gasteiger partial charge in [-0.05, 0) is 35.0 Å². The summed E-state index contributed by atoms with van der Waals surface area (Å²) in [5, 5.41) is 21.9. The van der Waals surface area contributed by atoms with Crippen molar-refractivity contribution in [2.45, 2.75) is 13.5 Å². The Morgan fingerprint density at radius 1 is 1.42 bits per heavy atom. The second-order valence-electron chi connectivity index (χ2n) is 3.89. The van der Waals surface area contributed by atoms with E-state index in [1.165, 1.54) is 23.1 Å². The highest BCUT2D eigenvalue weighted by atomic mass is 16.4. The maximum atomic E-state index is 11.7. The molecule has 1 aromatic carbocycles. The SMILES string of the molecule is Cc1ccc(C(=O)O)cc1NC(=O)Cn1cnnn1. The van der Waals surface area contributed by atoms with Gasteiger partial charge in [-0.25, -0.2) is 9.48 Å². The number of anilines is 1. The average molecular weight is 261 g/mol. The standard InChI is InChI=1S/C11H11N5O3/c1-7-2-3-8(11(18)19)4-9(7)13-10(17)5-16-6-12-14-15-16/h2-4,6H,5H2,1H3,(H,13,17)(H,18,19). The molecule has 2 rings (SSSR count). The van der Waals surface area contributed by atoms with E-state index in [0.29, 0.717) is 5.69 Å². The van der Waals surface area contributed by atoms with E-state index >= 15 is 0 Å². The molecule has 0 radical (unpaired) electrons. The quantitative estimate of drug-likeness (QED) is 0.820. The predicted octanol–water partition coefficient (Wildman–Crippen LogP) is 0.318. The van der Waals surface area contributed by atoms with Crippen LogP contribution in [0, 0.1) is 6.92 Å². The van der Waals surface area contributed by atoms with Crippen LogP contribution >= 0.6 is 0 Å². The van der Waals surface area contributed by atoms with Gasteiger partial charge in [0.05, 0.1) is 5.56 Å². The molecule has 1 aromatic heterocycles. The largest absolute Gasteiger partial charge is 0.478 e. The molecule has 0 aliphatic heterocycles. The summed E-state index contributed by atoms with van der Waals surface area (Å²) < 4.78 is 1.27. The third kappa shape index (κ3) is 3.12. The lowest BCUT2D eigenvalue weighted by atomic mass is 10.1. The summed E-state index contributed by atoms with van der Waals surface area (Å²) in [5.41, 5.74) is 1.34. The Morgan fingerprint density at radius 2 is 2.21 bits per heavy atom. The Kier molecular flexibility index (Phi) is 3.51. The van der Waals surface area contributed by atoms with E-state index in [1.54, 1.807) is 13.0 Å². The smallest absolute Gasteiger partial charge is 0.335 e. The number of carbonyl (C=O) groups excluding carboxylic acids is 1. The summed E-state index contributed by atoms with van der Waals surface area (Å²) in [4.78, 5) is 22.6. The molecule has 0 saturated heterocycles. The van der Waals surface area contributed by atoms with Gasteiger partial charge in [0, 0.05) is 5.69 Å². The lowest BCUT2D eigenvalue weighted by Gasteiger charge is -2.09. The van der Waals surface area contributed by atoms with Gasteiger partial charge in [-0.15, -0.1) is 5.10 Å². The Morgan fingerprint density at radius 3 is 2.84 bits per heavy atom. The summed E-state index contributed by atoms with van der Waals surface area (Å²) in [7, 11) is 0. The first-order valence-electron chi connectivity index (χ1n) is 5.41. The molecule has 0 fully saturated rings. The molecule has 2 N–H and O–H groups in total. The van der Waals surface area contributed by atoms with Gasteiger partial charge in [0.15, 0.2) is 0 Å². The second kappa shape index (κ2) is 5.25. The highest BCUT2D eigenvalue weighted by Gasteiger charge is 2.09. The number of amides is 1. The van der Waals surface area contributed by atoms with Crippen molar-refractivity contribution in [1.82, 2.24) is 20.2 Å². The van der Waals surface area contributed by atoms with Crippen LogP contribution in [0.2, 0.25) is 0 Å². The van der Waals surface area contributed by atoms with E-state index in [9.17, 15) is 9.59 Å². The normalized spacial score (nSPS) is 10.2. The van der Waals surface area contributed by atoms with Gasteiger partial charge in [0.2, 0.25) is 5.91 Å². The summed E-state index contributed by atoms with van der Waals surface area (Å²) in [5.74, 6) is -1.38. The van der Waals surface area contributed by atoms with Crippen molar-refractivity contribution < 1.29 is 14.7 Å². The summed E-state index contributed by atoms with van der Waals surface area (Å²) in [6, 6.07) is 4.53. The molecule has 8 heteroatoms. The van der Waals surface area contributed by atoms with Crippen molar-refractivity contribution in [2.24, 2.45) is 0 Å². The number of hydrogen-bond donors (Lipinski definition) is 2. The molecule has 8 nitrogen and oxygen atoms in total. The molecular formula is C11H11N5O3. The molecule has 0 aliphatic carbocycles. The van der Waals surface area contributed by atoms with Crippen LogP contribution in [0.4, 0.5) is 5.69 Å². The highest BCUT2D eigenvalue weighted by molar-refractivity contribution is 5.94. The van der Waals surface area contributed by atoms with E-state index in [2.05, 4.69) is 20.8 Å². The first-order chi connectivity index (χ1) is 9.06. The topological polar surface area (TPSA) is 110 Å². The number of aryl methyl sites for hydroxylation is 1. The summed E-state index contributed by atoms with van der Waals surface area (Å²) in [6.45, 7) is 1.74. The fourth-order valence-electron chi connectivity index (χ4n) is 1.48. The van der Waals surface area contributed by atoms with Crippen LogP contribution in [0.3, 0.4) is 0 Å². The van der Waals surface area contributed by atoms with Crippen LogP contribution in [0.25, 0.3) is 0 Å². The van der Waals surface area contributed by atoms with E-state index in [1.807, 2.05) is 0 Å². The minimum Gasteiger partial charge on any atom is -0.478 e. The van der Waals surface area contributed by atoms with Crippen LogP contribution in [0.15, 0.2) is 24.5 Å². The number of hydrogen-bond acceptors (Lipinski definition) is 5. The van der Waals surface area contributed by atoms with E-state index in [0.717, 1.165) is 5.56 Å². The number of benzene rings is 1. The van der Waals surface area contributed by atoms with Crippen molar-refractivity contribution >= 4 is 17.6 Å². The van der Waals surface area contributed by atoms with Crippen molar-refractivity contribution in [1.29, 1.82) is 0 Å². The second-order valence-corrected chi connectivity index (χ2v) is 3.89. The third-order valence-corrected chi connectivity index (χ3v) is 2.46. The minimum absolute atomic E-state index is 0.0380. The summed E-state index contributed by atoms with van der Waals surface area (Å²) in [6.07, 6.45) is 1.32. The first kappa shape index (κ1) is 12.7. The number of carbonyl (C=O) groups is 2. The van der Waals surface area contributed by atoms with E-state index in [4.69, 9.17) is 5.11 Å². The molecule has 0 spiro atoms. The van der Waals surface area contributed by atoms with E-state index in [-0.39, 0.29) is 18.0 Å². The van der Waals surface area contributed by atoms with Gasteiger partial charge in [-0.3, -0.25) is 4.79 Å². The van der Waals surface area contributed by atoms with Crippen molar-refractivity contribution in [3.63, 3.8) is 0 Å². The number of nitrogens with zero attached hydrogens (tertiary/aromatic N) is 4. The molecule has 1 heterocycles. The first-order valence-corrected chi connectivity index (χ1v) is 5.41.